The maximum Gasteiger partial charge on any atom is 0.0618 e. The summed E-state index contributed by atoms with van der Waals surface area (Å²) in [4.78, 5) is 2.39. The first-order chi connectivity index (χ1) is 34.6. The highest BCUT2D eigenvalue weighted by Crippen LogP contribution is 2.45. The van der Waals surface area contributed by atoms with E-state index in [-0.39, 0.29) is 0 Å². The van der Waals surface area contributed by atoms with E-state index < -0.39 is 0 Å². The van der Waals surface area contributed by atoms with E-state index in [1.165, 1.54) is 123 Å². The lowest BCUT2D eigenvalue weighted by Crippen LogP contribution is -2.09. The quantitative estimate of drug-likeness (QED) is 0.145. The van der Waals surface area contributed by atoms with Gasteiger partial charge in [0.2, 0.25) is 0 Å². The van der Waals surface area contributed by atoms with Gasteiger partial charge in [-0.15, -0.1) is 22.7 Å². The summed E-state index contributed by atoms with van der Waals surface area (Å²) in [6, 6.07) is 85.1. The fourth-order valence-electron chi connectivity index (χ4n) is 11.2. The normalized spacial score (nSPS) is 11.9. The molecule has 3 aromatic heterocycles. The third-order valence-corrected chi connectivity index (χ3v) is 17.1. The highest BCUT2D eigenvalue weighted by molar-refractivity contribution is 7.26. The average Bonchev–Trinajstić information content (AvgIpc) is 4.09. The van der Waals surface area contributed by atoms with E-state index in [0.717, 1.165) is 17.1 Å². The smallest absolute Gasteiger partial charge is 0.0618 e. The summed E-state index contributed by atoms with van der Waals surface area (Å²) in [7, 11) is 0. The van der Waals surface area contributed by atoms with E-state index in [1.54, 1.807) is 0 Å². The fourth-order valence-corrected chi connectivity index (χ4v) is 13.6. The van der Waals surface area contributed by atoms with Crippen molar-refractivity contribution in [2.24, 2.45) is 0 Å². The second-order valence-electron chi connectivity index (χ2n) is 18.4. The molecule has 0 bridgehead atoms. The summed E-state index contributed by atoms with van der Waals surface area (Å²) in [6.07, 6.45) is 0. The van der Waals surface area contributed by atoms with Gasteiger partial charge in [-0.25, -0.2) is 0 Å². The molecule has 0 radical (unpaired) electrons. The number of thiophene rings is 2. The van der Waals surface area contributed by atoms with Crippen LogP contribution in [0.5, 0.6) is 0 Å². The van der Waals surface area contributed by atoms with Gasteiger partial charge in [0.15, 0.2) is 0 Å². The van der Waals surface area contributed by atoms with Gasteiger partial charge in [-0.3, -0.25) is 0 Å². The Kier molecular flexibility index (Phi) is 9.42. The van der Waals surface area contributed by atoms with Crippen LogP contribution in [0.1, 0.15) is 11.3 Å². The monoisotopic (exact) mass is 928 g/mol. The number of hydrogen-bond donors (Lipinski definition) is 0. The van der Waals surface area contributed by atoms with Crippen molar-refractivity contribution in [1.29, 1.82) is 0 Å². The zero-order chi connectivity index (χ0) is 46.5. The number of aromatic nitrogens is 1. The maximum absolute atomic E-state index is 2.46. The third-order valence-electron chi connectivity index (χ3n) is 14.6. The van der Waals surface area contributed by atoms with Gasteiger partial charge >= 0.3 is 0 Å². The number of anilines is 3. The first-order valence-electron chi connectivity index (χ1n) is 24.0. The molecule has 0 spiro atoms. The van der Waals surface area contributed by atoms with Crippen LogP contribution in [-0.2, 0) is 0 Å². The topological polar surface area (TPSA) is 8.17 Å². The SMILES string of the molecule is Cc1c(C)n(-c2ccc(-c3ccc(N(c4ccc(-c5cccc6c5sc5ccccc56)cc4)c4ccc(-c5cccc6c5sc5ccccc56)cc4)cc3)cc2)c2c3ccccc3c3ccccc3c12. The van der Waals surface area contributed by atoms with Gasteiger partial charge in [0, 0.05) is 79.6 Å². The second-order valence-corrected chi connectivity index (χ2v) is 20.5. The molecule has 4 heteroatoms. The molecule has 330 valence electrons. The van der Waals surface area contributed by atoms with Crippen LogP contribution in [0, 0.1) is 13.8 Å². The van der Waals surface area contributed by atoms with E-state index in [0.29, 0.717) is 0 Å². The van der Waals surface area contributed by atoms with Crippen molar-refractivity contribution < 1.29 is 0 Å². The molecular formula is C66H44N2S2. The second kappa shape index (κ2) is 16.2. The lowest BCUT2D eigenvalue weighted by atomic mass is 9.96. The number of benzene rings is 11. The number of aryl methyl sites for hydroxylation is 1. The molecule has 3 heterocycles. The highest BCUT2D eigenvalue weighted by Gasteiger charge is 2.20. The van der Waals surface area contributed by atoms with E-state index in [2.05, 4.69) is 254 Å². The molecule has 0 atom stereocenters. The highest BCUT2D eigenvalue weighted by atomic mass is 32.1. The summed E-state index contributed by atoms with van der Waals surface area (Å²) in [6.45, 7) is 4.53. The van der Waals surface area contributed by atoms with Crippen molar-refractivity contribution in [3.63, 3.8) is 0 Å². The van der Waals surface area contributed by atoms with Crippen LogP contribution in [0.3, 0.4) is 0 Å². The average molecular weight is 929 g/mol. The summed E-state index contributed by atoms with van der Waals surface area (Å²) in [5.74, 6) is 0. The molecule has 0 saturated carbocycles. The number of nitrogens with zero attached hydrogens (tertiary/aromatic N) is 2. The van der Waals surface area contributed by atoms with Crippen LogP contribution >= 0.6 is 22.7 Å². The predicted molar refractivity (Wildman–Crippen MR) is 305 cm³/mol. The zero-order valence-corrected chi connectivity index (χ0v) is 40.3. The molecule has 0 aliphatic heterocycles. The summed E-state index contributed by atoms with van der Waals surface area (Å²) >= 11 is 3.76. The van der Waals surface area contributed by atoms with Crippen molar-refractivity contribution in [3.05, 3.63) is 242 Å². The van der Waals surface area contributed by atoms with E-state index >= 15 is 0 Å². The third kappa shape index (κ3) is 6.38. The van der Waals surface area contributed by atoms with Crippen LogP contribution in [0.25, 0.3) is 112 Å². The van der Waals surface area contributed by atoms with Crippen LogP contribution in [0.15, 0.2) is 231 Å². The van der Waals surface area contributed by atoms with E-state index in [9.17, 15) is 0 Å². The minimum absolute atomic E-state index is 1.10. The Bertz CT molecular complexity index is 4190. The first kappa shape index (κ1) is 40.8. The molecule has 0 aliphatic rings. The summed E-state index contributed by atoms with van der Waals surface area (Å²) in [5.41, 5.74) is 15.7. The minimum atomic E-state index is 1.10. The van der Waals surface area contributed by atoms with Crippen molar-refractivity contribution in [2.45, 2.75) is 13.8 Å². The Labute approximate surface area is 414 Å². The lowest BCUT2D eigenvalue weighted by Gasteiger charge is -2.26. The lowest BCUT2D eigenvalue weighted by molar-refractivity contribution is 1.04. The Morgan fingerprint density at radius 2 is 0.714 bits per heavy atom. The van der Waals surface area contributed by atoms with Crippen LogP contribution < -0.4 is 4.90 Å². The van der Waals surface area contributed by atoms with Crippen LogP contribution in [-0.4, -0.2) is 4.57 Å². The molecule has 0 fully saturated rings. The summed E-state index contributed by atoms with van der Waals surface area (Å²) < 4.78 is 7.76. The molecule has 0 saturated heterocycles. The van der Waals surface area contributed by atoms with Gasteiger partial charge in [-0.05, 0) is 130 Å². The maximum atomic E-state index is 2.46. The number of fused-ring (bicyclic) bond motifs is 12. The number of rotatable bonds is 7. The number of hydrogen-bond acceptors (Lipinski definition) is 3. The van der Waals surface area contributed by atoms with Gasteiger partial charge in [0.25, 0.3) is 0 Å². The molecular weight excluding hydrogens is 885 g/mol. The zero-order valence-electron chi connectivity index (χ0n) is 38.7. The Morgan fingerprint density at radius 3 is 1.21 bits per heavy atom. The molecule has 0 amide bonds. The molecule has 70 heavy (non-hydrogen) atoms. The fraction of sp³-hybridized carbons (Fsp3) is 0.0303. The Balaban J connectivity index is 0.837. The van der Waals surface area contributed by atoms with Crippen molar-refractivity contribution in [1.82, 2.24) is 4.57 Å². The first-order valence-corrected chi connectivity index (χ1v) is 25.6. The minimum Gasteiger partial charge on any atom is -0.313 e. The largest absolute Gasteiger partial charge is 0.313 e. The Hall–Kier alpha value is -8.28. The molecule has 2 nitrogen and oxygen atoms in total. The molecule has 0 unspecified atom stereocenters. The van der Waals surface area contributed by atoms with Crippen LogP contribution in [0.2, 0.25) is 0 Å². The van der Waals surface area contributed by atoms with Gasteiger partial charge in [-0.2, -0.15) is 0 Å². The van der Waals surface area contributed by atoms with Crippen molar-refractivity contribution in [2.75, 3.05) is 4.90 Å². The molecule has 14 rings (SSSR count). The van der Waals surface area contributed by atoms with Gasteiger partial charge < -0.3 is 9.47 Å². The van der Waals surface area contributed by atoms with Gasteiger partial charge in [-0.1, -0.05) is 170 Å². The van der Waals surface area contributed by atoms with Crippen LogP contribution in [0.4, 0.5) is 17.1 Å². The summed E-state index contributed by atoms with van der Waals surface area (Å²) in [5, 5.41) is 11.8. The predicted octanol–water partition coefficient (Wildman–Crippen LogP) is 19.8. The van der Waals surface area contributed by atoms with E-state index in [1.807, 2.05) is 22.7 Å². The van der Waals surface area contributed by atoms with E-state index in [4.69, 9.17) is 0 Å². The van der Waals surface area contributed by atoms with Gasteiger partial charge in [0.05, 0.1) is 5.52 Å². The Morgan fingerprint density at radius 1 is 0.329 bits per heavy atom. The standard InChI is InChI=1S/C66H44N2S2/c1-41-42(2)67(64-58-18-6-4-14-54(58)53-13-3-5-17-57(53)63(41)64)47-33-25-43(26-34-47)44-27-35-48(36-28-44)68(49-37-29-45(30-38-49)51-19-11-21-59-55-15-7-9-23-61(55)69-65(51)59)50-39-31-46(32-40-50)52-20-12-22-60-56-16-8-10-24-62(56)70-66(52)60/h3-40H,1-2H3. The van der Waals surface area contributed by atoms with Crippen molar-refractivity contribution in [3.8, 4) is 39.1 Å². The molecule has 0 N–H and O–H groups in total. The van der Waals surface area contributed by atoms with Gasteiger partial charge in [0.1, 0.15) is 0 Å². The van der Waals surface area contributed by atoms with Crippen molar-refractivity contribution >= 4 is 113 Å². The molecule has 14 aromatic rings. The molecule has 11 aromatic carbocycles. The molecule has 0 aliphatic carbocycles.